The van der Waals surface area contributed by atoms with Crippen molar-refractivity contribution in [2.75, 3.05) is 19.6 Å². The monoisotopic (exact) mass is 192 g/mol. The van der Waals surface area contributed by atoms with Gasteiger partial charge in [-0.05, 0) is 50.7 Å². The van der Waals surface area contributed by atoms with Gasteiger partial charge in [-0.2, -0.15) is 0 Å². The fourth-order valence-corrected chi connectivity index (χ4v) is 2.43. The van der Waals surface area contributed by atoms with Gasteiger partial charge < -0.3 is 11.1 Å². The number of piperidine rings is 1. The van der Waals surface area contributed by atoms with E-state index in [2.05, 4.69) is 23.5 Å². The van der Waals surface area contributed by atoms with Gasteiger partial charge in [-0.1, -0.05) is 23.8 Å². The first-order valence-corrected chi connectivity index (χ1v) is 5.68. The molecule has 14 heavy (non-hydrogen) atoms. The summed E-state index contributed by atoms with van der Waals surface area (Å²) in [5.74, 6) is 1.40. The molecule has 0 aromatic carbocycles. The van der Waals surface area contributed by atoms with Crippen molar-refractivity contribution in [1.82, 2.24) is 5.32 Å². The molecule has 0 radical (unpaired) electrons. The molecule has 1 aliphatic carbocycles. The van der Waals surface area contributed by atoms with Crippen LogP contribution < -0.4 is 11.1 Å². The number of hydrogen-bond acceptors (Lipinski definition) is 2. The largest absolute Gasteiger partial charge is 0.330 e. The summed E-state index contributed by atoms with van der Waals surface area (Å²) in [5, 5.41) is 3.41. The van der Waals surface area contributed by atoms with E-state index in [-0.39, 0.29) is 0 Å². The first-order valence-electron chi connectivity index (χ1n) is 5.68. The summed E-state index contributed by atoms with van der Waals surface area (Å²) in [7, 11) is 0. The van der Waals surface area contributed by atoms with Gasteiger partial charge in [-0.3, -0.25) is 0 Å². The summed E-state index contributed by atoms with van der Waals surface area (Å²) in [6, 6.07) is 0. The Hall–Kier alpha value is -0.600. The zero-order chi connectivity index (χ0) is 9.80. The second-order valence-corrected chi connectivity index (χ2v) is 4.35. The molecule has 1 fully saturated rings. The Morgan fingerprint density at radius 3 is 2.86 bits per heavy atom. The number of nitrogens with two attached hydrogens (primary N) is 1. The van der Waals surface area contributed by atoms with Crippen molar-refractivity contribution in [1.29, 1.82) is 0 Å². The lowest BCUT2D eigenvalue weighted by Crippen LogP contribution is -2.29. The molecule has 0 aromatic heterocycles. The highest BCUT2D eigenvalue weighted by atomic mass is 14.9. The van der Waals surface area contributed by atoms with E-state index in [1.807, 2.05) is 0 Å². The van der Waals surface area contributed by atoms with Crippen molar-refractivity contribution in [2.45, 2.75) is 19.3 Å². The second-order valence-electron chi connectivity index (χ2n) is 4.35. The van der Waals surface area contributed by atoms with Crippen LogP contribution in [0.5, 0.6) is 0 Å². The quantitative estimate of drug-likeness (QED) is 0.695. The highest BCUT2D eigenvalue weighted by Gasteiger charge is 2.20. The van der Waals surface area contributed by atoms with Crippen LogP contribution >= 0.6 is 0 Å². The topological polar surface area (TPSA) is 38.0 Å². The van der Waals surface area contributed by atoms with Gasteiger partial charge in [0.25, 0.3) is 0 Å². The van der Waals surface area contributed by atoms with Crippen LogP contribution in [0.1, 0.15) is 19.3 Å². The summed E-state index contributed by atoms with van der Waals surface area (Å²) in [6.45, 7) is 3.15. The number of nitrogens with one attached hydrogen (secondary N) is 1. The van der Waals surface area contributed by atoms with Gasteiger partial charge in [0.1, 0.15) is 0 Å². The molecular formula is C12H20N2. The lowest BCUT2D eigenvalue weighted by Gasteiger charge is -2.28. The smallest absolute Gasteiger partial charge is 0.00110 e. The van der Waals surface area contributed by atoms with Crippen LogP contribution in [-0.4, -0.2) is 19.6 Å². The van der Waals surface area contributed by atoms with Gasteiger partial charge in [0.2, 0.25) is 0 Å². The Labute approximate surface area is 86.3 Å². The third-order valence-electron chi connectivity index (χ3n) is 3.36. The summed E-state index contributed by atoms with van der Waals surface area (Å²) < 4.78 is 0. The molecule has 0 aromatic rings. The average Bonchev–Trinajstić information content (AvgIpc) is 2.30. The summed E-state index contributed by atoms with van der Waals surface area (Å²) >= 11 is 0. The molecule has 2 heteroatoms. The molecule has 1 unspecified atom stereocenters. The Morgan fingerprint density at radius 2 is 2.14 bits per heavy atom. The number of allylic oxidation sites excluding steroid dienone is 3. The van der Waals surface area contributed by atoms with Crippen LogP contribution in [0.25, 0.3) is 0 Å². The molecule has 0 bridgehead atoms. The van der Waals surface area contributed by atoms with E-state index in [0.29, 0.717) is 5.92 Å². The second kappa shape index (κ2) is 4.76. The van der Waals surface area contributed by atoms with Crippen molar-refractivity contribution in [3.05, 3.63) is 23.8 Å². The third-order valence-corrected chi connectivity index (χ3v) is 3.36. The first-order chi connectivity index (χ1) is 6.90. The molecule has 3 N–H and O–H groups in total. The predicted octanol–water partition coefficient (Wildman–Crippen LogP) is 1.45. The van der Waals surface area contributed by atoms with E-state index in [1.54, 1.807) is 5.57 Å². The van der Waals surface area contributed by atoms with Crippen molar-refractivity contribution >= 4 is 0 Å². The van der Waals surface area contributed by atoms with Gasteiger partial charge in [-0.15, -0.1) is 0 Å². The molecule has 0 amide bonds. The van der Waals surface area contributed by atoms with Crippen LogP contribution in [-0.2, 0) is 0 Å². The third kappa shape index (κ3) is 2.25. The fourth-order valence-electron chi connectivity index (χ4n) is 2.43. The Balaban J connectivity index is 1.96. The number of rotatable bonds is 2. The molecule has 2 nitrogen and oxygen atoms in total. The van der Waals surface area contributed by atoms with E-state index in [1.165, 1.54) is 32.4 Å². The minimum Gasteiger partial charge on any atom is -0.330 e. The average molecular weight is 192 g/mol. The Bertz CT molecular complexity index is 237. The normalized spacial score (nSPS) is 28.9. The zero-order valence-corrected chi connectivity index (χ0v) is 8.71. The first kappa shape index (κ1) is 9.94. The molecule has 1 heterocycles. The van der Waals surface area contributed by atoms with E-state index in [0.717, 1.165) is 12.5 Å². The molecule has 2 aliphatic rings. The van der Waals surface area contributed by atoms with Crippen LogP contribution in [0.2, 0.25) is 0 Å². The van der Waals surface area contributed by atoms with Crippen LogP contribution in [0.3, 0.4) is 0 Å². The molecular weight excluding hydrogens is 172 g/mol. The highest BCUT2D eigenvalue weighted by Crippen LogP contribution is 2.29. The van der Waals surface area contributed by atoms with Crippen LogP contribution in [0.15, 0.2) is 23.8 Å². The van der Waals surface area contributed by atoms with Crippen molar-refractivity contribution < 1.29 is 0 Å². The molecule has 1 atom stereocenters. The minimum atomic E-state index is 0.588. The zero-order valence-electron chi connectivity index (χ0n) is 8.71. The van der Waals surface area contributed by atoms with E-state index >= 15 is 0 Å². The molecule has 78 valence electrons. The van der Waals surface area contributed by atoms with Crippen LogP contribution in [0, 0.1) is 11.8 Å². The highest BCUT2D eigenvalue weighted by molar-refractivity contribution is 5.22. The van der Waals surface area contributed by atoms with Gasteiger partial charge in [0.15, 0.2) is 0 Å². The summed E-state index contributed by atoms with van der Waals surface area (Å²) in [4.78, 5) is 0. The van der Waals surface area contributed by atoms with Gasteiger partial charge in [0, 0.05) is 0 Å². The van der Waals surface area contributed by atoms with Crippen molar-refractivity contribution in [2.24, 2.45) is 17.6 Å². The van der Waals surface area contributed by atoms with Crippen LogP contribution in [0.4, 0.5) is 0 Å². The molecule has 1 aliphatic heterocycles. The van der Waals surface area contributed by atoms with E-state index < -0.39 is 0 Å². The molecule has 0 saturated carbocycles. The Morgan fingerprint density at radius 1 is 1.36 bits per heavy atom. The fraction of sp³-hybridized carbons (Fsp3) is 0.667. The minimum absolute atomic E-state index is 0.588. The van der Waals surface area contributed by atoms with E-state index in [4.69, 9.17) is 5.73 Å². The van der Waals surface area contributed by atoms with E-state index in [9.17, 15) is 0 Å². The maximum Gasteiger partial charge on any atom is -0.00110 e. The van der Waals surface area contributed by atoms with Crippen molar-refractivity contribution in [3.8, 4) is 0 Å². The maximum atomic E-state index is 5.70. The number of hydrogen-bond donors (Lipinski definition) is 2. The molecule has 0 spiro atoms. The maximum absolute atomic E-state index is 5.70. The summed E-state index contributed by atoms with van der Waals surface area (Å²) in [6.07, 6.45) is 10.5. The van der Waals surface area contributed by atoms with Gasteiger partial charge in [0.05, 0.1) is 0 Å². The molecule has 1 saturated heterocycles. The van der Waals surface area contributed by atoms with Gasteiger partial charge >= 0.3 is 0 Å². The van der Waals surface area contributed by atoms with Crippen molar-refractivity contribution in [3.63, 3.8) is 0 Å². The van der Waals surface area contributed by atoms with Gasteiger partial charge in [-0.25, -0.2) is 0 Å². The SMILES string of the molecule is NCC1C=CC=C(C2CCNCC2)C1. The Kier molecular flexibility index (Phi) is 3.38. The molecule has 2 rings (SSSR count). The predicted molar refractivity (Wildman–Crippen MR) is 60.0 cm³/mol. The lowest BCUT2D eigenvalue weighted by atomic mass is 9.82. The lowest BCUT2D eigenvalue weighted by molar-refractivity contribution is 0.401. The summed E-state index contributed by atoms with van der Waals surface area (Å²) in [5.41, 5.74) is 7.33. The standard InChI is InChI=1S/C12H20N2/c13-9-10-2-1-3-12(8-10)11-4-6-14-7-5-11/h1-3,10-11,14H,4-9,13H2.